The Morgan fingerprint density at radius 1 is 1.15 bits per heavy atom. The fourth-order valence-electron chi connectivity index (χ4n) is 3.74. The smallest absolute Gasteiger partial charge is 0.337 e. The van der Waals surface area contributed by atoms with Crippen LogP contribution in [0, 0.1) is 0 Å². The molecule has 0 bridgehead atoms. The second-order valence-electron chi connectivity index (χ2n) is 8.19. The van der Waals surface area contributed by atoms with Crippen LogP contribution in [0.2, 0.25) is 0 Å². The van der Waals surface area contributed by atoms with Gasteiger partial charge in [0.2, 0.25) is 0 Å². The Kier molecular flexibility index (Phi) is 10.4. The number of rotatable bonds is 12. The third-order valence-electron chi connectivity index (χ3n) is 5.48. The third kappa shape index (κ3) is 7.54. The van der Waals surface area contributed by atoms with Crippen LogP contribution < -0.4 is 30.3 Å². The van der Waals surface area contributed by atoms with Crippen LogP contribution in [0.1, 0.15) is 37.9 Å². The molecule has 1 aliphatic rings. The van der Waals surface area contributed by atoms with E-state index in [1.165, 1.54) is 19.4 Å². The van der Waals surface area contributed by atoms with Crippen LogP contribution in [0.4, 0.5) is 4.79 Å². The Bertz CT molecular complexity index is 1270. The van der Waals surface area contributed by atoms with Crippen molar-refractivity contribution in [2.24, 2.45) is 5.10 Å². The van der Waals surface area contributed by atoms with Gasteiger partial charge in [-0.2, -0.15) is 5.10 Å². The van der Waals surface area contributed by atoms with Gasteiger partial charge >= 0.3 is 12.0 Å². The van der Waals surface area contributed by atoms with E-state index >= 15 is 0 Å². The maximum Gasteiger partial charge on any atom is 0.337 e. The number of carbonyl (C=O) groups is 2. The first-order chi connectivity index (χ1) is 18.7. The maximum atomic E-state index is 12.4. The zero-order chi connectivity index (χ0) is 28.5. The minimum atomic E-state index is -1.17. The first-order valence-corrected chi connectivity index (χ1v) is 12.9. The van der Waals surface area contributed by atoms with Crippen LogP contribution in [0.25, 0.3) is 0 Å². The molecule has 0 aliphatic carbocycles. The minimum Gasteiger partial charge on any atom is -0.504 e. The first kappa shape index (κ1) is 29.6. The zero-order valence-electron chi connectivity index (χ0n) is 21.9. The molecule has 13 heteroatoms. The molecule has 0 unspecified atom stereocenters. The van der Waals surface area contributed by atoms with Crippen LogP contribution in [0.15, 0.2) is 51.2 Å². The van der Waals surface area contributed by atoms with Crippen LogP contribution in [0.3, 0.4) is 0 Å². The van der Waals surface area contributed by atoms with Gasteiger partial charge in [-0.25, -0.2) is 9.59 Å². The number of hydrogen-bond donors (Lipinski definition) is 5. The number of halogens is 1. The maximum absolute atomic E-state index is 12.4. The number of phenols is 1. The molecule has 0 spiro atoms. The molecule has 2 atom stereocenters. The molecule has 3 rings (SSSR count). The average Bonchev–Trinajstić information content (AvgIpc) is 2.89. The van der Waals surface area contributed by atoms with Crippen LogP contribution >= 0.6 is 15.9 Å². The molecule has 0 fully saturated rings. The van der Waals surface area contributed by atoms with Gasteiger partial charge in [-0.15, -0.1) is 0 Å². The average molecular weight is 607 g/mol. The summed E-state index contributed by atoms with van der Waals surface area (Å²) in [6.07, 6.45) is 0.287. The van der Waals surface area contributed by atoms with Gasteiger partial charge in [0.25, 0.3) is 0 Å². The second-order valence-corrected chi connectivity index (χ2v) is 9.04. The molecule has 0 radical (unpaired) electrons. The van der Waals surface area contributed by atoms with Gasteiger partial charge in [0.15, 0.2) is 29.2 Å². The summed E-state index contributed by atoms with van der Waals surface area (Å²) in [4.78, 5) is 24.5. The molecule has 1 heterocycles. The number of amides is 2. The van der Waals surface area contributed by atoms with Crippen LogP contribution in [-0.4, -0.2) is 61.6 Å². The summed E-state index contributed by atoms with van der Waals surface area (Å²) >= 11 is 3.35. The van der Waals surface area contributed by atoms with Gasteiger partial charge < -0.3 is 39.8 Å². The summed E-state index contributed by atoms with van der Waals surface area (Å²) in [5.74, 6) is 0.428. The summed E-state index contributed by atoms with van der Waals surface area (Å²) in [6, 6.07) is 6.85. The Morgan fingerprint density at radius 3 is 2.56 bits per heavy atom. The molecule has 39 heavy (non-hydrogen) atoms. The molecular formula is C26H31BrN4O8. The molecule has 5 N–H and O–H groups in total. The van der Waals surface area contributed by atoms with Crippen molar-refractivity contribution in [1.29, 1.82) is 0 Å². The van der Waals surface area contributed by atoms with Crippen molar-refractivity contribution < 1.29 is 38.7 Å². The van der Waals surface area contributed by atoms with Crippen molar-refractivity contribution in [2.75, 3.05) is 26.9 Å². The van der Waals surface area contributed by atoms with Crippen molar-refractivity contribution in [1.82, 2.24) is 16.1 Å². The number of allylic oxidation sites excluding steroid dienone is 1. The highest BCUT2D eigenvalue weighted by atomic mass is 79.9. The predicted molar refractivity (Wildman–Crippen MR) is 146 cm³/mol. The number of aromatic hydroxyl groups is 1. The van der Waals surface area contributed by atoms with Gasteiger partial charge in [-0.3, -0.25) is 5.43 Å². The number of nitrogens with one attached hydrogen (secondary N) is 3. The normalized spacial score (nSPS) is 15.8. The Morgan fingerprint density at radius 2 is 1.87 bits per heavy atom. The number of hydrazone groups is 1. The van der Waals surface area contributed by atoms with E-state index in [1.807, 2.05) is 0 Å². The fraction of sp³-hybridized carbons (Fsp3) is 0.346. The molecule has 210 valence electrons. The standard InChI is InChI=1S/C26H31BrN4O8/c1-5-37-20-10-16(17(27)11-18(20)32)12-28-31-22(33)13-39-19-8-7-15(9-21(19)38-6-2)24-23(25(34)36-4)14(3)29-26(35)30-24/h7-12,22,24,31-33H,5-6,13H2,1-4H3,(H2,29,30,35)/b28-12-/t22-,24+/m1/s1. The number of carbonyl (C=O) groups excluding carboxylic acids is 2. The number of phenolic OH excluding ortho intramolecular Hbond substituents is 1. The highest BCUT2D eigenvalue weighted by Gasteiger charge is 2.32. The van der Waals surface area contributed by atoms with Crippen molar-refractivity contribution in [3.63, 3.8) is 0 Å². The SMILES string of the molecule is CCOc1cc(/C=N\N[C@H](O)COc2ccc([C@@H]3NC(=O)NC(C)=C3C(=O)OC)cc2OCC)c(Br)cc1O. The second kappa shape index (κ2) is 13.7. The number of urea groups is 1. The number of hydrogen-bond acceptors (Lipinski definition) is 10. The van der Waals surface area contributed by atoms with Crippen molar-refractivity contribution >= 4 is 34.1 Å². The van der Waals surface area contributed by atoms with Gasteiger partial charge in [0, 0.05) is 15.7 Å². The Hall–Kier alpha value is -3.97. The molecule has 2 aromatic rings. The van der Waals surface area contributed by atoms with Gasteiger partial charge in [-0.1, -0.05) is 6.07 Å². The first-order valence-electron chi connectivity index (χ1n) is 12.1. The number of aliphatic hydroxyl groups is 1. The summed E-state index contributed by atoms with van der Waals surface area (Å²) in [5, 5.41) is 29.6. The number of aliphatic hydroxyl groups excluding tert-OH is 1. The van der Waals surface area contributed by atoms with Crippen molar-refractivity contribution in [3.8, 4) is 23.0 Å². The molecule has 0 saturated carbocycles. The highest BCUT2D eigenvalue weighted by Crippen LogP contribution is 2.35. The van der Waals surface area contributed by atoms with E-state index in [4.69, 9.17) is 18.9 Å². The van der Waals surface area contributed by atoms with Crippen molar-refractivity contribution in [3.05, 3.63) is 57.2 Å². The van der Waals surface area contributed by atoms with E-state index in [0.717, 1.165) is 0 Å². The molecule has 0 saturated heterocycles. The molecule has 2 amide bonds. The zero-order valence-corrected chi connectivity index (χ0v) is 23.5. The van der Waals surface area contributed by atoms with E-state index in [2.05, 4.69) is 37.1 Å². The topological polar surface area (TPSA) is 160 Å². The van der Waals surface area contributed by atoms with Gasteiger partial charge in [-0.05, 0) is 66.5 Å². The quantitative estimate of drug-likeness (QED) is 0.106. The minimum absolute atomic E-state index is 0.00593. The predicted octanol–water partition coefficient (Wildman–Crippen LogP) is 3.07. The fourth-order valence-corrected chi connectivity index (χ4v) is 4.18. The van der Waals surface area contributed by atoms with Crippen LogP contribution in [0.5, 0.6) is 23.0 Å². The Labute approximate surface area is 234 Å². The number of ether oxygens (including phenoxy) is 4. The van der Waals surface area contributed by atoms with E-state index in [1.54, 1.807) is 45.0 Å². The monoisotopic (exact) mass is 606 g/mol. The lowest BCUT2D eigenvalue weighted by atomic mass is 9.95. The lowest BCUT2D eigenvalue weighted by Crippen LogP contribution is -2.45. The molecule has 2 aromatic carbocycles. The lowest BCUT2D eigenvalue weighted by molar-refractivity contribution is -0.136. The summed E-state index contributed by atoms with van der Waals surface area (Å²) in [6.45, 7) is 5.77. The summed E-state index contributed by atoms with van der Waals surface area (Å²) < 4.78 is 22.3. The number of methoxy groups -OCH3 is 1. The van der Waals surface area contributed by atoms with E-state index in [9.17, 15) is 19.8 Å². The number of benzene rings is 2. The number of esters is 1. The largest absolute Gasteiger partial charge is 0.504 e. The molecular weight excluding hydrogens is 576 g/mol. The van der Waals surface area contributed by atoms with Gasteiger partial charge in [0.05, 0.1) is 38.2 Å². The van der Waals surface area contributed by atoms with E-state index in [0.29, 0.717) is 51.8 Å². The molecule has 1 aliphatic heterocycles. The van der Waals surface area contributed by atoms with Crippen LogP contribution in [-0.2, 0) is 9.53 Å². The van der Waals surface area contributed by atoms with Gasteiger partial charge in [0.1, 0.15) is 6.61 Å². The lowest BCUT2D eigenvalue weighted by Gasteiger charge is -2.28. The van der Waals surface area contributed by atoms with Crippen molar-refractivity contribution in [2.45, 2.75) is 33.0 Å². The van der Waals surface area contributed by atoms with E-state index in [-0.39, 0.29) is 17.9 Å². The number of nitrogens with zero attached hydrogens (tertiary/aromatic N) is 1. The molecule has 0 aromatic heterocycles. The Balaban J connectivity index is 1.70. The highest BCUT2D eigenvalue weighted by molar-refractivity contribution is 9.10. The summed E-state index contributed by atoms with van der Waals surface area (Å²) in [7, 11) is 1.27. The summed E-state index contributed by atoms with van der Waals surface area (Å²) in [5.41, 5.74) is 4.41. The third-order valence-corrected chi connectivity index (χ3v) is 6.16. The molecule has 12 nitrogen and oxygen atoms in total. The van der Waals surface area contributed by atoms with E-state index < -0.39 is 24.3 Å².